The van der Waals surface area contributed by atoms with Crippen LogP contribution < -0.4 is 5.73 Å². The van der Waals surface area contributed by atoms with Crippen molar-refractivity contribution in [2.75, 3.05) is 0 Å². The molecule has 10 heavy (non-hydrogen) atoms. The summed E-state index contributed by atoms with van der Waals surface area (Å²) in [4.78, 5) is 10.1. The molecule has 0 rings (SSSR count). The fraction of sp³-hybridized carbons (Fsp3) is 0.800. The molecule has 0 aromatic carbocycles. The van der Waals surface area contributed by atoms with E-state index >= 15 is 0 Å². The summed E-state index contributed by atoms with van der Waals surface area (Å²) in [7, 11) is 0. The lowest BCUT2D eigenvalue weighted by Gasteiger charge is -2.13. The minimum absolute atomic E-state index is 0.293. The second kappa shape index (κ2) is 2.90. The van der Waals surface area contributed by atoms with Crippen LogP contribution in [0.4, 0.5) is 13.2 Å². The summed E-state index contributed by atoms with van der Waals surface area (Å²) in [6, 6.07) is 0. The van der Waals surface area contributed by atoms with Crippen LogP contribution in [-0.4, -0.2) is 12.1 Å². The molecule has 2 N–H and O–H groups in total. The minimum Gasteiger partial charge on any atom is -0.369 e. The molecule has 0 saturated carbocycles. The number of amides is 1. The minimum atomic E-state index is -4.49. The average molecular weight is 155 g/mol. The van der Waals surface area contributed by atoms with Gasteiger partial charge in [-0.2, -0.15) is 13.2 Å². The highest BCUT2D eigenvalue weighted by Crippen LogP contribution is 2.27. The Morgan fingerprint density at radius 2 is 2.00 bits per heavy atom. The van der Waals surface area contributed by atoms with Crippen molar-refractivity contribution in [3.63, 3.8) is 0 Å². The highest BCUT2D eigenvalue weighted by Gasteiger charge is 2.42. The Morgan fingerprint density at radius 3 is 2.00 bits per heavy atom. The molecule has 0 bridgehead atoms. The smallest absolute Gasteiger partial charge is 0.369 e. The molecule has 0 aliphatic carbocycles. The molecule has 0 heterocycles. The number of rotatable bonds is 2. The summed E-state index contributed by atoms with van der Waals surface area (Å²) in [5, 5.41) is 0. The SMILES string of the molecule is CCC(C(N)=O)C(F)(F)F. The molecule has 60 valence electrons. The monoisotopic (exact) mass is 155 g/mol. The molecule has 0 aliphatic rings. The van der Waals surface area contributed by atoms with Crippen LogP contribution in [0.15, 0.2) is 0 Å². The van der Waals surface area contributed by atoms with Gasteiger partial charge in [0.25, 0.3) is 0 Å². The quantitative estimate of drug-likeness (QED) is 0.636. The summed E-state index contributed by atoms with van der Waals surface area (Å²) in [6.45, 7) is 1.27. The van der Waals surface area contributed by atoms with Crippen LogP contribution in [0.1, 0.15) is 13.3 Å². The fourth-order valence-corrected chi connectivity index (χ4v) is 0.594. The van der Waals surface area contributed by atoms with Crippen molar-refractivity contribution in [2.45, 2.75) is 19.5 Å². The highest BCUT2D eigenvalue weighted by molar-refractivity contribution is 5.77. The largest absolute Gasteiger partial charge is 0.400 e. The number of primary amides is 1. The van der Waals surface area contributed by atoms with Crippen LogP contribution in [0.25, 0.3) is 0 Å². The summed E-state index contributed by atoms with van der Waals surface area (Å²) < 4.78 is 35.0. The van der Waals surface area contributed by atoms with E-state index in [-0.39, 0.29) is 6.42 Å². The van der Waals surface area contributed by atoms with Gasteiger partial charge in [0.2, 0.25) is 5.91 Å². The third kappa shape index (κ3) is 2.24. The van der Waals surface area contributed by atoms with Crippen LogP contribution in [0, 0.1) is 5.92 Å². The molecule has 0 aromatic heterocycles. The molecular weight excluding hydrogens is 147 g/mol. The zero-order valence-corrected chi connectivity index (χ0v) is 5.40. The molecule has 0 aliphatic heterocycles. The Morgan fingerprint density at radius 1 is 1.60 bits per heavy atom. The molecule has 0 spiro atoms. The van der Waals surface area contributed by atoms with Gasteiger partial charge in [0.1, 0.15) is 5.92 Å². The first-order valence-electron chi connectivity index (χ1n) is 2.75. The van der Waals surface area contributed by atoms with Crippen molar-refractivity contribution in [3.05, 3.63) is 0 Å². The van der Waals surface area contributed by atoms with E-state index in [4.69, 9.17) is 0 Å². The first kappa shape index (κ1) is 9.26. The molecule has 0 fully saturated rings. The number of hydrogen-bond donors (Lipinski definition) is 1. The predicted octanol–water partition coefficient (Wildman–Crippen LogP) is 1.06. The number of nitrogens with two attached hydrogens (primary N) is 1. The van der Waals surface area contributed by atoms with Crippen molar-refractivity contribution < 1.29 is 18.0 Å². The van der Waals surface area contributed by atoms with Gasteiger partial charge >= 0.3 is 6.18 Å². The standard InChI is InChI=1S/C5H8F3NO/c1-2-3(4(9)10)5(6,7)8/h3H,2H2,1H3,(H2,9,10). The van der Waals surface area contributed by atoms with Crippen molar-refractivity contribution in [3.8, 4) is 0 Å². The van der Waals surface area contributed by atoms with Gasteiger partial charge in [-0.3, -0.25) is 4.79 Å². The van der Waals surface area contributed by atoms with Crippen LogP contribution in [0.5, 0.6) is 0 Å². The van der Waals surface area contributed by atoms with Crippen molar-refractivity contribution in [1.29, 1.82) is 0 Å². The Hall–Kier alpha value is -0.740. The lowest BCUT2D eigenvalue weighted by molar-refractivity contribution is -0.181. The summed E-state index contributed by atoms with van der Waals surface area (Å²) >= 11 is 0. The van der Waals surface area contributed by atoms with Gasteiger partial charge in [-0.25, -0.2) is 0 Å². The number of halogens is 3. The summed E-state index contributed by atoms with van der Waals surface area (Å²) in [5.41, 5.74) is 4.47. The Labute approximate surface area is 56.2 Å². The molecule has 0 aromatic rings. The normalized spacial score (nSPS) is 14.8. The number of hydrogen-bond acceptors (Lipinski definition) is 1. The average Bonchev–Trinajstić information content (AvgIpc) is 1.60. The van der Waals surface area contributed by atoms with E-state index in [1.54, 1.807) is 0 Å². The van der Waals surface area contributed by atoms with Gasteiger partial charge in [0.15, 0.2) is 0 Å². The van der Waals surface area contributed by atoms with E-state index in [1.165, 1.54) is 6.92 Å². The second-order valence-electron chi connectivity index (χ2n) is 1.90. The summed E-state index contributed by atoms with van der Waals surface area (Å²) in [5.74, 6) is -3.30. The van der Waals surface area contributed by atoms with E-state index in [1.807, 2.05) is 0 Å². The maximum Gasteiger partial charge on any atom is 0.400 e. The van der Waals surface area contributed by atoms with E-state index in [9.17, 15) is 18.0 Å². The van der Waals surface area contributed by atoms with Crippen molar-refractivity contribution in [2.24, 2.45) is 11.7 Å². The highest BCUT2D eigenvalue weighted by atomic mass is 19.4. The molecule has 5 heteroatoms. The van der Waals surface area contributed by atoms with E-state index in [0.717, 1.165) is 0 Å². The van der Waals surface area contributed by atoms with Crippen LogP contribution in [-0.2, 0) is 4.79 Å². The molecule has 1 atom stereocenters. The first-order valence-corrected chi connectivity index (χ1v) is 2.75. The van der Waals surface area contributed by atoms with Crippen LogP contribution in [0.3, 0.4) is 0 Å². The lowest BCUT2D eigenvalue weighted by atomic mass is 10.1. The maximum atomic E-state index is 11.7. The van der Waals surface area contributed by atoms with Gasteiger partial charge in [-0.15, -0.1) is 0 Å². The lowest BCUT2D eigenvalue weighted by Crippen LogP contribution is -2.34. The predicted molar refractivity (Wildman–Crippen MR) is 29.0 cm³/mol. The van der Waals surface area contributed by atoms with E-state index in [0.29, 0.717) is 0 Å². The molecule has 1 amide bonds. The topological polar surface area (TPSA) is 43.1 Å². The third-order valence-electron chi connectivity index (χ3n) is 1.15. The van der Waals surface area contributed by atoms with Gasteiger partial charge in [0, 0.05) is 0 Å². The molecular formula is C5H8F3NO. The van der Waals surface area contributed by atoms with Crippen molar-refractivity contribution in [1.82, 2.24) is 0 Å². The molecule has 1 unspecified atom stereocenters. The van der Waals surface area contributed by atoms with Gasteiger partial charge in [-0.1, -0.05) is 6.92 Å². The van der Waals surface area contributed by atoms with Crippen LogP contribution >= 0.6 is 0 Å². The van der Waals surface area contributed by atoms with Gasteiger partial charge in [-0.05, 0) is 6.42 Å². The number of carbonyl (C=O) groups excluding carboxylic acids is 1. The second-order valence-corrected chi connectivity index (χ2v) is 1.90. The fourth-order valence-electron chi connectivity index (χ4n) is 0.594. The first-order chi connectivity index (χ1) is 4.39. The number of carbonyl (C=O) groups is 1. The Kier molecular flexibility index (Phi) is 2.68. The number of alkyl halides is 3. The maximum absolute atomic E-state index is 11.7. The molecule has 0 radical (unpaired) electrons. The third-order valence-corrected chi connectivity index (χ3v) is 1.15. The van der Waals surface area contributed by atoms with Gasteiger partial charge < -0.3 is 5.73 Å². The summed E-state index contributed by atoms with van der Waals surface area (Å²) in [6.07, 6.45) is -4.78. The Bertz CT molecular complexity index is 131. The zero-order valence-electron chi connectivity index (χ0n) is 5.40. The van der Waals surface area contributed by atoms with E-state index < -0.39 is 18.0 Å². The molecule has 2 nitrogen and oxygen atoms in total. The van der Waals surface area contributed by atoms with Crippen molar-refractivity contribution >= 4 is 5.91 Å². The molecule has 0 saturated heterocycles. The van der Waals surface area contributed by atoms with Gasteiger partial charge in [0.05, 0.1) is 0 Å². The van der Waals surface area contributed by atoms with E-state index in [2.05, 4.69) is 5.73 Å². The Balaban J connectivity index is 4.22. The zero-order chi connectivity index (χ0) is 8.36. The van der Waals surface area contributed by atoms with Crippen LogP contribution in [0.2, 0.25) is 0 Å².